The summed E-state index contributed by atoms with van der Waals surface area (Å²) >= 11 is 1.58. The summed E-state index contributed by atoms with van der Waals surface area (Å²) in [6, 6.07) is 0.309. The molecule has 132 valence electrons. The third-order valence-electron chi connectivity index (χ3n) is 3.86. The van der Waals surface area contributed by atoms with Gasteiger partial charge in [0.2, 0.25) is 0 Å². The average molecular weight is 358 g/mol. The minimum Gasteiger partial charge on any atom is -0.378 e. The molecule has 0 saturated carbocycles. The first kappa shape index (κ1) is 17.6. The van der Waals surface area contributed by atoms with Crippen LogP contribution < -0.4 is 4.90 Å². The molecule has 0 atom stereocenters. The van der Waals surface area contributed by atoms with E-state index in [4.69, 9.17) is 4.74 Å². The van der Waals surface area contributed by atoms with Gasteiger partial charge in [0.05, 0.1) is 13.2 Å². The van der Waals surface area contributed by atoms with E-state index in [1.807, 2.05) is 16.8 Å². The Bertz CT molecular complexity index is 770. The minimum atomic E-state index is -0.0698. The lowest BCUT2D eigenvalue weighted by atomic mass is 10.3. The van der Waals surface area contributed by atoms with E-state index in [0.717, 1.165) is 42.1 Å². The molecule has 2 aromatic heterocycles. The molecule has 1 saturated heterocycles. The van der Waals surface area contributed by atoms with Crippen LogP contribution in [0.1, 0.15) is 30.6 Å². The third kappa shape index (κ3) is 4.64. The number of ether oxygens (including phenoxy) is 1. The summed E-state index contributed by atoms with van der Waals surface area (Å²) in [6.07, 6.45) is 12.1. The van der Waals surface area contributed by atoms with Crippen LogP contribution in [0.25, 0.3) is 12.2 Å². The van der Waals surface area contributed by atoms with Crippen molar-refractivity contribution in [3.05, 3.63) is 41.4 Å². The van der Waals surface area contributed by atoms with Crippen LogP contribution >= 0.6 is 11.3 Å². The minimum absolute atomic E-state index is 0.0698. The lowest BCUT2D eigenvalue weighted by Gasteiger charge is -2.25. The van der Waals surface area contributed by atoms with Gasteiger partial charge in [-0.05, 0) is 38.2 Å². The Kier molecular flexibility index (Phi) is 5.78. The first-order valence-electron chi connectivity index (χ1n) is 8.35. The number of hydrogen-bond acceptors (Lipinski definition) is 6. The van der Waals surface area contributed by atoms with Crippen LogP contribution in [0.15, 0.2) is 30.7 Å². The molecule has 3 rings (SSSR count). The molecule has 7 heteroatoms. The van der Waals surface area contributed by atoms with Gasteiger partial charge >= 0.3 is 0 Å². The Hall–Kier alpha value is -2.25. The Labute approximate surface area is 151 Å². The van der Waals surface area contributed by atoms with Crippen molar-refractivity contribution in [2.45, 2.75) is 19.9 Å². The van der Waals surface area contributed by atoms with Gasteiger partial charge in [0.25, 0.3) is 0 Å². The molecule has 0 bridgehead atoms. The van der Waals surface area contributed by atoms with Gasteiger partial charge in [-0.3, -0.25) is 4.79 Å². The van der Waals surface area contributed by atoms with Gasteiger partial charge < -0.3 is 14.2 Å². The Morgan fingerprint density at radius 2 is 2.00 bits per heavy atom. The lowest BCUT2D eigenvalue weighted by molar-refractivity contribution is -0.110. The lowest BCUT2D eigenvalue weighted by Crippen LogP contribution is -2.36. The SMILES string of the molecule is CC(C)n1ccnc1/C=C/C(=O)/C=C/c1cnc(N2CCOCC2)s1. The van der Waals surface area contributed by atoms with Crippen molar-refractivity contribution >= 4 is 34.4 Å². The van der Waals surface area contributed by atoms with E-state index < -0.39 is 0 Å². The van der Waals surface area contributed by atoms with Crippen molar-refractivity contribution in [3.8, 4) is 0 Å². The molecule has 0 N–H and O–H groups in total. The van der Waals surface area contributed by atoms with Gasteiger partial charge in [0.15, 0.2) is 10.9 Å². The van der Waals surface area contributed by atoms with Crippen molar-refractivity contribution in [2.24, 2.45) is 0 Å². The average Bonchev–Trinajstić information content (AvgIpc) is 3.28. The largest absolute Gasteiger partial charge is 0.378 e. The van der Waals surface area contributed by atoms with Crippen molar-refractivity contribution in [1.29, 1.82) is 0 Å². The van der Waals surface area contributed by atoms with E-state index in [-0.39, 0.29) is 5.78 Å². The summed E-state index contributed by atoms with van der Waals surface area (Å²) in [5.41, 5.74) is 0. The highest BCUT2D eigenvalue weighted by atomic mass is 32.1. The quantitative estimate of drug-likeness (QED) is 0.743. The molecule has 0 amide bonds. The van der Waals surface area contributed by atoms with Gasteiger partial charge in [-0.1, -0.05) is 11.3 Å². The fourth-order valence-electron chi connectivity index (χ4n) is 2.52. The van der Waals surface area contributed by atoms with Crippen LogP contribution in [0.5, 0.6) is 0 Å². The van der Waals surface area contributed by atoms with E-state index in [2.05, 4.69) is 28.7 Å². The van der Waals surface area contributed by atoms with Crippen LogP contribution in [0, 0.1) is 0 Å². The van der Waals surface area contributed by atoms with E-state index in [1.54, 1.807) is 42.0 Å². The zero-order valence-corrected chi connectivity index (χ0v) is 15.3. The van der Waals surface area contributed by atoms with Crippen molar-refractivity contribution in [2.75, 3.05) is 31.2 Å². The summed E-state index contributed by atoms with van der Waals surface area (Å²) in [6.45, 7) is 7.36. The smallest absolute Gasteiger partial charge is 0.185 e. The number of thiazole rings is 1. The first-order valence-corrected chi connectivity index (χ1v) is 9.16. The molecule has 0 aromatic carbocycles. The number of imidazole rings is 1. The molecular weight excluding hydrogens is 336 g/mol. The van der Waals surface area contributed by atoms with Gasteiger partial charge in [-0.15, -0.1) is 0 Å². The van der Waals surface area contributed by atoms with Crippen molar-refractivity contribution < 1.29 is 9.53 Å². The molecule has 1 fully saturated rings. The fraction of sp³-hybridized carbons (Fsp3) is 0.389. The van der Waals surface area contributed by atoms with Gasteiger partial charge in [0, 0.05) is 42.6 Å². The summed E-state index contributed by atoms with van der Waals surface area (Å²) in [5.74, 6) is 0.712. The second kappa shape index (κ2) is 8.22. The second-order valence-electron chi connectivity index (χ2n) is 6.00. The maximum absolute atomic E-state index is 12.0. The molecule has 0 spiro atoms. The molecule has 0 unspecified atom stereocenters. The highest BCUT2D eigenvalue weighted by molar-refractivity contribution is 7.16. The van der Waals surface area contributed by atoms with E-state index in [9.17, 15) is 4.79 Å². The Morgan fingerprint density at radius 3 is 2.76 bits per heavy atom. The summed E-state index contributed by atoms with van der Waals surface area (Å²) in [4.78, 5) is 23.9. The number of nitrogens with zero attached hydrogens (tertiary/aromatic N) is 4. The molecule has 1 aliphatic rings. The van der Waals surface area contributed by atoms with Gasteiger partial charge in [0.1, 0.15) is 5.82 Å². The Morgan fingerprint density at radius 1 is 1.24 bits per heavy atom. The highest BCUT2D eigenvalue weighted by Crippen LogP contribution is 2.24. The highest BCUT2D eigenvalue weighted by Gasteiger charge is 2.13. The van der Waals surface area contributed by atoms with Crippen molar-refractivity contribution in [1.82, 2.24) is 14.5 Å². The maximum Gasteiger partial charge on any atom is 0.185 e. The van der Waals surface area contributed by atoms with Gasteiger partial charge in [-0.2, -0.15) is 0 Å². The number of rotatable bonds is 6. The summed E-state index contributed by atoms with van der Waals surface area (Å²) in [7, 11) is 0. The number of allylic oxidation sites excluding steroid dienone is 2. The number of aromatic nitrogens is 3. The zero-order chi connectivity index (χ0) is 17.6. The molecule has 25 heavy (non-hydrogen) atoms. The monoisotopic (exact) mass is 358 g/mol. The number of hydrogen-bond donors (Lipinski definition) is 0. The second-order valence-corrected chi connectivity index (χ2v) is 7.04. The molecule has 3 heterocycles. The molecule has 2 aromatic rings. The normalized spacial score (nSPS) is 15.7. The van der Waals surface area contributed by atoms with Crippen LogP contribution in [-0.4, -0.2) is 46.6 Å². The topological polar surface area (TPSA) is 60.2 Å². The van der Waals surface area contributed by atoms with E-state index in [0.29, 0.717) is 6.04 Å². The zero-order valence-electron chi connectivity index (χ0n) is 14.5. The van der Waals surface area contributed by atoms with Crippen LogP contribution in [-0.2, 0) is 9.53 Å². The number of ketones is 1. The molecule has 0 aliphatic carbocycles. The van der Waals surface area contributed by atoms with Gasteiger partial charge in [-0.25, -0.2) is 9.97 Å². The van der Waals surface area contributed by atoms with E-state index >= 15 is 0 Å². The molecule has 1 aliphatic heterocycles. The predicted octanol–water partition coefficient (Wildman–Crippen LogP) is 3.05. The number of carbonyl (C=O) groups excluding carboxylic acids is 1. The predicted molar refractivity (Wildman–Crippen MR) is 101 cm³/mol. The fourth-order valence-corrected chi connectivity index (χ4v) is 3.39. The Balaban J connectivity index is 1.60. The number of carbonyl (C=O) groups is 1. The number of morpholine rings is 1. The third-order valence-corrected chi connectivity index (χ3v) is 4.88. The first-order chi connectivity index (χ1) is 12.1. The van der Waals surface area contributed by atoms with Crippen LogP contribution in [0.2, 0.25) is 0 Å². The van der Waals surface area contributed by atoms with E-state index in [1.165, 1.54) is 0 Å². The van der Waals surface area contributed by atoms with Crippen LogP contribution in [0.4, 0.5) is 5.13 Å². The van der Waals surface area contributed by atoms with Crippen LogP contribution in [0.3, 0.4) is 0 Å². The standard InChI is InChI=1S/C18H22N4O2S/c1-14(2)22-8-7-19-17(22)6-4-15(23)3-5-16-13-20-18(25-16)21-9-11-24-12-10-21/h3-8,13-14H,9-12H2,1-2H3/b5-3+,6-4+. The molecule has 6 nitrogen and oxygen atoms in total. The maximum atomic E-state index is 12.0. The molecule has 0 radical (unpaired) electrons. The van der Waals surface area contributed by atoms with Crippen molar-refractivity contribution in [3.63, 3.8) is 0 Å². The molecular formula is C18H22N4O2S. The summed E-state index contributed by atoms with van der Waals surface area (Å²) in [5, 5.41) is 0.977. The number of anilines is 1. The summed E-state index contributed by atoms with van der Waals surface area (Å²) < 4.78 is 7.37.